The topological polar surface area (TPSA) is 87.8 Å². The van der Waals surface area contributed by atoms with Gasteiger partial charge in [0.25, 0.3) is 5.69 Å². The first-order valence-electron chi connectivity index (χ1n) is 6.93. The Balaban J connectivity index is 2.36. The van der Waals surface area contributed by atoms with Gasteiger partial charge in [-0.1, -0.05) is 30.7 Å². The van der Waals surface area contributed by atoms with Crippen LogP contribution in [0.25, 0.3) is 0 Å². The SMILES string of the molecule is CCCOc1ccccc1N=Cc1cc(Cl)cc([N+](=O)[O-])c1[O-]. The minimum atomic E-state index is -0.760. The molecule has 2 aromatic carbocycles. The van der Waals surface area contributed by atoms with Crippen LogP contribution in [0.2, 0.25) is 5.02 Å². The molecule has 23 heavy (non-hydrogen) atoms. The van der Waals surface area contributed by atoms with Crippen LogP contribution in [0, 0.1) is 10.1 Å². The maximum absolute atomic E-state index is 12.0. The van der Waals surface area contributed by atoms with Crippen LogP contribution in [0.15, 0.2) is 41.4 Å². The van der Waals surface area contributed by atoms with Gasteiger partial charge >= 0.3 is 0 Å². The number of aliphatic imine (C=N–C) groups is 1. The minimum Gasteiger partial charge on any atom is -0.867 e. The molecule has 0 fully saturated rings. The molecule has 120 valence electrons. The maximum Gasteiger partial charge on any atom is 0.263 e. The lowest BCUT2D eigenvalue weighted by Gasteiger charge is -2.11. The Morgan fingerprint density at radius 2 is 2.09 bits per heavy atom. The molecule has 2 rings (SSSR count). The molecule has 0 N–H and O–H groups in total. The number of nitrogens with zero attached hydrogens (tertiary/aromatic N) is 2. The van der Waals surface area contributed by atoms with E-state index in [0.717, 1.165) is 12.5 Å². The molecule has 2 aromatic rings. The van der Waals surface area contributed by atoms with Gasteiger partial charge in [0.05, 0.1) is 11.5 Å². The molecule has 7 heteroatoms. The monoisotopic (exact) mass is 333 g/mol. The summed E-state index contributed by atoms with van der Waals surface area (Å²) in [7, 11) is 0. The molecule has 0 saturated carbocycles. The standard InChI is InChI=1S/C16H15ClN2O4/c1-2-7-23-15-6-4-3-5-13(15)18-10-11-8-12(17)9-14(16(11)20)19(21)22/h3-6,8-10,20H,2,7H2,1H3/p-1. The van der Waals surface area contributed by atoms with Crippen LogP contribution in [0.4, 0.5) is 11.4 Å². The highest BCUT2D eigenvalue weighted by molar-refractivity contribution is 6.31. The maximum atomic E-state index is 12.0. The number of nitro benzene ring substituents is 1. The van der Waals surface area contributed by atoms with Gasteiger partial charge in [-0.2, -0.15) is 0 Å². The van der Waals surface area contributed by atoms with Crippen LogP contribution < -0.4 is 9.84 Å². The number of hydrogen-bond donors (Lipinski definition) is 0. The summed E-state index contributed by atoms with van der Waals surface area (Å²) in [6.07, 6.45) is 2.11. The zero-order valence-electron chi connectivity index (χ0n) is 12.4. The molecule has 0 unspecified atom stereocenters. The van der Waals surface area contributed by atoms with Crippen LogP contribution in [0.1, 0.15) is 18.9 Å². The first kappa shape index (κ1) is 16.8. The van der Waals surface area contributed by atoms with Crippen molar-refractivity contribution in [1.29, 1.82) is 0 Å². The van der Waals surface area contributed by atoms with Crippen molar-refractivity contribution in [2.24, 2.45) is 4.99 Å². The number of hydrogen-bond acceptors (Lipinski definition) is 5. The van der Waals surface area contributed by atoms with Gasteiger partial charge in [-0.25, -0.2) is 0 Å². The number of halogens is 1. The average molecular weight is 334 g/mol. The molecule has 0 aromatic heterocycles. The molecular formula is C16H14ClN2O4-. The van der Waals surface area contributed by atoms with Crippen molar-refractivity contribution in [3.05, 3.63) is 57.1 Å². The highest BCUT2D eigenvalue weighted by atomic mass is 35.5. The summed E-state index contributed by atoms with van der Waals surface area (Å²) in [5.41, 5.74) is 0.00643. The average Bonchev–Trinajstić information content (AvgIpc) is 2.53. The number of ether oxygens (including phenoxy) is 1. The zero-order valence-corrected chi connectivity index (χ0v) is 13.1. The smallest absolute Gasteiger partial charge is 0.263 e. The molecule has 0 aliphatic carbocycles. The predicted octanol–water partition coefficient (Wildman–Crippen LogP) is 3.86. The van der Waals surface area contributed by atoms with Crippen LogP contribution in [-0.4, -0.2) is 17.7 Å². The molecule has 0 amide bonds. The lowest BCUT2D eigenvalue weighted by molar-refractivity contribution is -0.398. The van der Waals surface area contributed by atoms with Crippen molar-refractivity contribution < 1.29 is 14.8 Å². The molecule has 0 saturated heterocycles. The van der Waals surface area contributed by atoms with E-state index in [2.05, 4.69) is 4.99 Å². The molecule has 6 nitrogen and oxygen atoms in total. The van der Waals surface area contributed by atoms with E-state index in [1.54, 1.807) is 18.2 Å². The molecule has 0 aliphatic rings. The summed E-state index contributed by atoms with van der Waals surface area (Å²) in [6, 6.07) is 9.46. The Morgan fingerprint density at radius 3 is 2.78 bits per heavy atom. The molecular weight excluding hydrogens is 320 g/mol. The Bertz CT molecular complexity index is 747. The summed E-state index contributed by atoms with van der Waals surface area (Å²) in [4.78, 5) is 14.3. The molecule has 0 heterocycles. The molecule has 0 spiro atoms. The second-order valence-electron chi connectivity index (χ2n) is 4.67. The van der Waals surface area contributed by atoms with Gasteiger partial charge in [0.2, 0.25) is 0 Å². The van der Waals surface area contributed by atoms with E-state index in [1.165, 1.54) is 12.3 Å². The summed E-state index contributed by atoms with van der Waals surface area (Å²) in [6.45, 7) is 2.53. The predicted molar refractivity (Wildman–Crippen MR) is 87.0 cm³/mol. The Hall–Kier alpha value is -2.60. The van der Waals surface area contributed by atoms with E-state index in [9.17, 15) is 15.2 Å². The van der Waals surface area contributed by atoms with Crippen LogP contribution >= 0.6 is 11.6 Å². The van der Waals surface area contributed by atoms with E-state index in [-0.39, 0.29) is 10.6 Å². The number of para-hydroxylation sites is 2. The van der Waals surface area contributed by atoms with Crippen molar-refractivity contribution in [1.82, 2.24) is 0 Å². The van der Waals surface area contributed by atoms with Crippen molar-refractivity contribution in [3.8, 4) is 11.5 Å². The summed E-state index contributed by atoms with van der Waals surface area (Å²) >= 11 is 5.82. The van der Waals surface area contributed by atoms with Gasteiger partial charge in [0, 0.05) is 17.3 Å². The normalized spacial score (nSPS) is 10.9. The third kappa shape index (κ3) is 4.20. The summed E-state index contributed by atoms with van der Waals surface area (Å²) in [5, 5.41) is 23.0. The van der Waals surface area contributed by atoms with Gasteiger partial charge in [0.15, 0.2) is 0 Å². The van der Waals surface area contributed by atoms with E-state index in [4.69, 9.17) is 16.3 Å². The second-order valence-corrected chi connectivity index (χ2v) is 5.11. The second kappa shape index (κ2) is 7.60. The fraction of sp³-hybridized carbons (Fsp3) is 0.188. The molecule has 0 bridgehead atoms. The molecule has 0 aliphatic heterocycles. The van der Waals surface area contributed by atoms with Gasteiger partial charge in [0.1, 0.15) is 11.4 Å². The first-order chi connectivity index (χ1) is 11.0. The van der Waals surface area contributed by atoms with E-state index >= 15 is 0 Å². The van der Waals surface area contributed by atoms with Gasteiger partial charge in [-0.15, -0.1) is 0 Å². The van der Waals surface area contributed by atoms with Crippen LogP contribution in [0.3, 0.4) is 0 Å². The summed E-state index contributed by atoms with van der Waals surface area (Å²) < 4.78 is 5.56. The Labute approximate surface area is 138 Å². The molecule has 0 atom stereocenters. The van der Waals surface area contributed by atoms with Crippen LogP contribution in [0.5, 0.6) is 11.5 Å². The lowest BCUT2D eigenvalue weighted by Crippen LogP contribution is -2.02. The van der Waals surface area contributed by atoms with Crippen molar-refractivity contribution in [2.75, 3.05) is 6.61 Å². The number of nitro groups is 1. The van der Waals surface area contributed by atoms with Gasteiger partial charge < -0.3 is 9.84 Å². The third-order valence-electron chi connectivity index (χ3n) is 2.93. The van der Waals surface area contributed by atoms with E-state index in [1.807, 2.05) is 13.0 Å². The Kier molecular flexibility index (Phi) is 5.54. The van der Waals surface area contributed by atoms with Gasteiger partial charge in [-0.05, 0) is 35.9 Å². The molecule has 0 radical (unpaired) electrons. The number of rotatable bonds is 6. The number of benzene rings is 2. The van der Waals surface area contributed by atoms with Crippen LogP contribution in [-0.2, 0) is 0 Å². The van der Waals surface area contributed by atoms with Crippen molar-refractivity contribution in [2.45, 2.75) is 13.3 Å². The zero-order chi connectivity index (χ0) is 16.8. The van der Waals surface area contributed by atoms with Gasteiger partial charge in [-0.3, -0.25) is 15.1 Å². The third-order valence-corrected chi connectivity index (χ3v) is 3.15. The quantitative estimate of drug-likeness (QED) is 0.456. The lowest BCUT2D eigenvalue weighted by atomic mass is 10.2. The van der Waals surface area contributed by atoms with E-state index < -0.39 is 16.4 Å². The highest BCUT2D eigenvalue weighted by Gasteiger charge is 2.11. The summed E-state index contributed by atoms with van der Waals surface area (Å²) in [5.74, 6) is -0.148. The van der Waals surface area contributed by atoms with Crippen molar-refractivity contribution >= 4 is 29.2 Å². The highest BCUT2D eigenvalue weighted by Crippen LogP contribution is 2.31. The fourth-order valence-electron chi connectivity index (χ4n) is 1.87. The largest absolute Gasteiger partial charge is 0.867 e. The van der Waals surface area contributed by atoms with Crippen molar-refractivity contribution in [3.63, 3.8) is 0 Å². The van der Waals surface area contributed by atoms with E-state index in [0.29, 0.717) is 18.0 Å². The fourth-order valence-corrected chi connectivity index (χ4v) is 2.09. The minimum absolute atomic E-state index is 0.0505. The first-order valence-corrected chi connectivity index (χ1v) is 7.31. The Morgan fingerprint density at radius 1 is 1.35 bits per heavy atom.